The topological polar surface area (TPSA) is 114 Å². The van der Waals surface area contributed by atoms with Crippen LogP contribution in [0, 0.1) is 0 Å². The number of fused-ring (bicyclic) bond motifs is 1. The van der Waals surface area contributed by atoms with E-state index in [9.17, 15) is 14.7 Å². The van der Waals surface area contributed by atoms with Gasteiger partial charge < -0.3 is 15.2 Å². The van der Waals surface area contributed by atoms with Gasteiger partial charge in [-0.1, -0.05) is 30.3 Å². The molecule has 0 aliphatic carbocycles. The highest BCUT2D eigenvalue weighted by atomic mass is 16.5. The van der Waals surface area contributed by atoms with E-state index < -0.39 is 16.6 Å². The largest absolute Gasteiger partial charge is 0.503 e. The molecule has 5 rings (SSSR count). The SMILES string of the molecule is COc1ccc2ncccc2c1CCNc1cc(-c2ccc(-c3c(O)c(=O)c3=O)cc2)ncn1. The van der Waals surface area contributed by atoms with E-state index >= 15 is 0 Å². The number of pyridine rings is 1. The van der Waals surface area contributed by atoms with Crippen molar-refractivity contribution in [3.63, 3.8) is 0 Å². The highest BCUT2D eigenvalue weighted by Gasteiger charge is 2.21. The molecule has 0 saturated carbocycles. The molecule has 0 radical (unpaired) electrons. The number of hydrogen-bond acceptors (Lipinski definition) is 8. The quantitative estimate of drug-likeness (QED) is 0.362. The summed E-state index contributed by atoms with van der Waals surface area (Å²) in [6.07, 6.45) is 3.97. The molecular formula is C26H20N4O4. The Kier molecular flexibility index (Phi) is 5.47. The van der Waals surface area contributed by atoms with Crippen LogP contribution in [0.15, 0.2) is 76.7 Å². The molecule has 3 aromatic carbocycles. The molecule has 0 spiro atoms. The summed E-state index contributed by atoms with van der Waals surface area (Å²) in [5.74, 6) is 1.01. The van der Waals surface area contributed by atoms with Gasteiger partial charge in [0.05, 0.1) is 23.9 Å². The Morgan fingerprint density at radius 2 is 1.74 bits per heavy atom. The van der Waals surface area contributed by atoms with Gasteiger partial charge in [-0.25, -0.2) is 9.97 Å². The van der Waals surface area contributed by atoms with E-state index in [0.717, 1.165) is 27.8 Å². The molecule has 34 heavy (non-hydrogen) atoms. The first-order valence-electron chi connectivity index (χ1n) is 10.7. The van der Waals surface area contributed by atoms with Crippen LogP contribution in [0.5, 0.6) is 11.5 Å². The molecule has 2 heterocycles. The smallest absolute Gasteiger partial charge is 0.268 e. The maximum Gasteiger partial charge on any atom is 0.268 e. The fourth-order valence-electron chi connectivity index (χ4n) is 4.03. The number of hydrogen-bond donors (Lipinski definition) is 2. The fourth-order valence-corrected chi connectivity index (χ4v) is 4.03. The lowest BCUT2D eigenvalue weighted by molar-refractivity contribution is 0.411. The third-order valence-electron chi connectivity index (χ3n) is 5.78. The molecule has 8 heteroatoms. The summed E-state index contributed by atoms with van der Waals surface area (Å²) in [7, 11) is 1.66. The van der Waals surface area contributed by atoms with E-state index in [1.165, 1.54) is 6.33 Å². The Hall–Kier alpha value is -4.59. The van der Waals surface area contributed by atoms with Crippen LogP contribution in [0.4, 0.5) is 5.82 Å². The average molecular weight is 452 g/mol. The summed E-state index contributed by atoms with van der Waals surface area (Å²) in [5, 5.41) is 14.0. The molecule has 2 aromatic heterocycles. The first-order valence-corrected chi connectivity index (χ1v) is 10.7. The Morgan fingerprint density at radius 3 is 2.50 bits per heavy atom. The molecule has 0 bridgehead atoms. The molecule has 0 aliphatic heterocycles. The molecule has 0 saturated heterocycles. The molecule has 0 fully saturated rings. The van der Waals surface area contributed by atoms with Gasteiger partial charge in [0.25, 0.3) is 5.43 Å². The van der Waals surface area contributed by atoms with E-state index in [4.69, 9.17) is 4.74 Å². The van der Waals surface area contributed by atoms with Gasteiger partial charge in [0, 0.05) is 35.3 Å². The van der Waals surface area contributed by atoms with Crippen LogP contribution in [0.2, 0.25) is 0 Å². The lowest BCUT2D eigenvalue weighted by atomic mass is 9.98. The molecule has 0 aliphatic rings. The number of rotatable bonds is 7. The van der Waals surface area contributed by atoms with Gasteiger partial charge in [0.1, 0.15) is 17.9 Å². The third-order valence-corrected chi connectivity index (χ3v) is 5.78. The second-order valence-corrected chi connectivity index (χ2v) is 7.74. The molecule has 8 nitrogen and oxygen atoms in total. The van der Waals surface area contributed by atoms with E-state index in [2.05, 4.69) is 20.3 Å². The molecule has 168 valence electrons. The van der Waals surface area contributed by atoms with E-state index in [0.29, 0.717) is 30.0 Å². The molecule has 0 unspecified atom stereocenters. The fraction of sp³-hybridized carbons (Fsp3) is 0.115. The van der Waals surface area contributed by atoms with Gasteiger partial charge in [-0.05, 0) is 30.2 Å². The lowest BCUT2D eigenvalue weighted by Gasteiger charge is -2.13. The summed E-state index contributed by atoms with van der Waals surface area (Å²) in [5.41, 5.74) is 2.55. The highest BCUT2D eigenvalue weighted by molar-refractivity contribution is 5.84. The van der Waals surface area contributed by atoms with Gasteiger partial charge in [0.2, 0.25) is 5.43 Å². The predicted molar refractivity (Wildman–Crippen MR) is 130 cm³/mol. The van der Waals surface area contributed by atoms with Crippen LogP contribution in [0.1, 0.15) is 5.56 Å². The summed E-state index contributed by atoms with van der Waals surface area (Å²) in [4.78, 5) is 36.0. The van der Waals surface area contributed by atoms with Crippen molar-refractivity contribution in [3.8, 4) is 33.9 Å². The van der Waals surface area contributed by atoms with Crippen LogP contribution in [-0.4, -0.2) is 33.7 Å². The summed E-state index contributed by atoms with van der Waals surface area (Å²) < 4.78 is 5.55. The second kappa shape index (κ2) is 8.74. The second-order valence-electron chi connectivity index (χ2n) is 7.74. The van der Waals surface area contributed by atoms with Gasteiger partial charge in [0.15, 0.2) is 5.75 Å². The van der Waals surface area contributed by atoms with E-state index in [1.807, 2.05) is 30.3 Å². The lowest BCUT2D eigenvalue weighted by Crippen LogP contribution is -2.31. The van der Waals surface area contributed by atoms with Crippen LogP contribution in [-0.2, 0) is 6.42 Å². The molecule has 2 N–H and O–H groups in total. The first-order chi connectivity index (χ1) is 16.6. The standard InChI is InChI=1S/C26H20N4O4/c1-34-21-9-8-19-17(3-2-11-27-19)18(21)10-12-28-22-13-20(29-14-30-22)15-4-6-16(7-5-15)23-24(31)26(33)25(23)32/h2-9,11,13-14,31H,10,12H2,1H3,(H,28,29,30). The molecular weight excluding hydrogens is 432 g/mol. The molecule has 0 atom stereocenters. The number of ether oxygens (including phenoxy) is 1. The van der Waals surface area contributed by atoms with Gasteiger partial charge in [-0.3, -0.25) is 14.6 Å². The van der Waals surface area contributed by atoms with Gasteiger partial charge in [-0.15, -0.1) is 0 Å². The number of benzene rings is 2. The van der Waals surface area contributed by atoms with Gasteiger partial charge in [-0.2, -0.15) is 0 Å². The number of aromatic nitrogens is 3. The van der Waals surface area contributed by atoms with Crippen molar-refractivity contribution in [2.75, 3.05) is 19.0 Å². The minimum Gasteiger partial charge on any atom is -0.503 e. The van der Waals surface area contributed by atoms with Crippen molar-refractivity contribution < 1.29 is 9.84 Å². The minimum atomic E-state index is -0.844. The predicted octanol–water partition coefficient (Wildman–Crippen LogP) is 3.32. The van der Waals surface area contributed by atoms with Crippen molar-refractivity contribution in [1.82, 2.24) is 15.0 Å². The molecule has 5 aromatic rings. The zero-order valence-electron chi connectivity index (χ0n) is 18.3. The minimum absolute atomic E-state index is 0.0562. The monoisotopic (exact) mass is 452 g/mol. The van der Waals surface area contributed by atoms with Crippen LogP contribution in [0.3, 0.4) is 0 Å². The van der Waals surface area contributed by atoms with E-state index in [1.54, 1.807) is 37.6 Å². The van der Waals surface area contributed by atoms with Crippen molar-refractivity contribution in [2.24, 2.45) is 0 Å². The highest BCUT2D eigenvalue weighted by Crippen LogP contribution is 2.29. The van der Waals surface area contributed by atoms with Crippen LogP contribution in [0.25, 0.3) is 33.3 Å². The third kappa shape index (κ3) is 3.75. The van der Waals surface area contributed by atoms with Crippen LogP contribution >= 0.6 is 0 Å². The zero-order chi connectivity index (χ0) is 23.7. The molecule has 0 amide bonds. The maximum atomic E-state index is 11.7. The number of anilines is 1. The Balaban J connectivity index is 1.32. The average Bonchev–Trinajstić information content (AvgIpc) is 2.89. The number of methoxy groups -OCH3 is 1. The number of nitrogens with zero attached hydrogens (tertiary/aromatic N) is 3. The Bertz CT molecular complexity index is 1570. The maximum absolute atomic E-state index is 11.7. The summed E-state index contributed by atoms with van der Waals surface area (Å²) in [6.45, 7) is 0.628. The van der Waals surface area contributed by atoms with Crippen molar-refractivity contribution in [2.45, 2.75) is 6.42 Å². The van der Waals surface area contributed by atoms with Crippen molar-refractivity contribution in [3.05, 3.63) is 93.1 Å². The Morgan fingerprint density at radius 1 is 0.941 bits per heavy atom. The van der Waals surface area contributed by atoms with Crippen molar-refractivity contribution in [1.29, 1.82) is 0 Å². The summed E-state index contributed by atoms with van der Waals surface area (Å²) >= 11 is 0. The van der Waals surface area contributed by atoms with Gasteiger partial charge >= 0.3 is 0 Å². The normalized spacial score (nSPS) is 11.1. The Labute approximate surface area is 194 Å². The zero-order valence-corrected chi connectivity index (χ0v) is 18.3. The van der Waals surface area contributed by atoms with Crippen LogP contribution < -0.4 is 20.9 Å². The summed E-state index contributed by atoms with van der Waals surface area (Å²) in [6, 6.07) is 16.6. The number of aromatic hydroxyl groups is 1. The number of nitrogens with one attached hydrogen (secondary N) is 1. The first kappa shape index (κ1) is 21.3. The van der Waals surface area contributed by atoms with Crippen molar-refractivity contribution >= 4 is 16.7 Å². The van der Waals surface area contributed by atoms with E-state index in [-0.39, 0.29) is 5.56 Å².